The van der Waals surface area contributed by atoms with E-state index in [1.807, 2.05) is 11.3 Å². The molecule has 1 heterocycles. The molecule has 0 atom stereocenters. The van der Waals surface area contributed by atoms with Crippen LogP contribution >= 0.6 is 11.3 Å². The molecule has 1 saturated carbocycles. The lowest BCUT2D eigenvalue weighted by Crippen LogP contribution is -2.44. The van der Waals surface area contributed by atoms with Gasteiger partial charge in [-0.3, -0.25) is 0 Å². The molecular formula is C16H28N2S. The fraction of sp³-hybridized carbons (Fsp3) is 0.812. The topological polar surface area (TPSA) is 24.9 Å². The van der Waals surface area contributed by atoms with Gasteiger partial charge in [0, 0.05) is 4.88 Å². The van der Waals surface area contributed by atoms with Crippen LogP contribution in [0.4, 0.5) is 0 Å². The Morgan fingerprint density at radius 2 is 1.79 bits per heavy atom. The summed E-state index contributed by atoms with van der Waals surface area (Å²) in [5.74, 6) is 0.844. The van der Waals surface area contributed by atoms with E-state index in [0.29, 0.717) is 5.41 Å². The number of aromatic nitrogens is 1. The van der Waals surface area contributed by atoms with Gasteiger partial charge in [-0.05, 0) is 57.9 Å². The van der Waals surface area contributed by atoms with Gasteiger partial charge in [-0.1, -0.05) is 20.8 Å². The van der Waals surface area contributed by atoms with Crippen LogP contribution in [0.15, 0.2) is 0 Å². The molecule has 0 aromatic carbocycles. The molecule has 0 amide bonds. The number of hydrogen-bond donors (Lipinski definition) is 1. The number of aryl methyl sites for hydroxylation is 2. The molecule has 0 bridgehead atoms. The molecule has 0 radical (unpaired) electrons. The van der Waals surface area contributed by atoms with Gasteiger partial charge in [-0.15, -0.1) is 11.3 Å². The normalized spacial score (nSPS) is 28.6. The fourth-order valence-corrected chi connectivity index (χ4v) is 4.39. The van der Waals surface area contributed by atoms with Gasteiger partial charge in [0.15, 0.2) is 0 Å². The second kappa shape index (κ2) is 5.17. The molecule has 1 N–H and O–H groups in total. The van der Waals surface area contributed by atoms with Crippen molar-refractivity contribution in [2.45, 2.75) is 65.8 Å². The van der Waals surface area contributed by atoms with Gasteiger partial charge in [-0.25, -0.2) is 4.98 Å². The Hall–Kier alpha value is -0.410. The van der Waals surface area contributed by atoms with Crippen molar-refractivity contribution in [3.8, 4) is 0 Å². The minimum Gasteiger partial charge on any atom is -0.308 e. The van der Waals surface area contributed by atoms with Gasteiger partial charge >= 0.3 is 0 Å². The Morgan fingerprint density at radius 1 is 1.21 bits per heavy atom. The van der Waals surface area contributed by atoms with Crippen LogP contribution in [0, 0.1) is 25.2 Å². The van der Waals surface area contributed by atoms with Crippen molar-refractivity contribution >= 4 is 11.3 Å². The van der Waals surface area contributed by atoms with Crippen molar-refractivity contribution in [3.05, 3.63) is 15.6 Å². The lowest BCUT2D eigenvalue weighted by molar-refractivity contribution is 0.117. The monoisotopic (exact) mass is 280 g/mol. The second-order valence-electron chi connectivity index (χ2n) is 7.13. The Balaban J connectivity index is 2.18. The van der Waals surface area contributed by atoms with Crippen LogP contribution in [0.5, 0.6) is 0 Å². The van der Waals surface area contributed by atoms with Crippen molar-refractivity contribution in [1.29, 1.82) is 0 Å². The van der Waals surface area contributed by atoms with Crippen LogP contribution in [0.3, 0.4) is 0 Å². The molecular weight excluding hydrogens is 252 g/mol. The van der Waals surface area contributed by atoms with Crippen molar-refractivity contribution in [3.63, 3.8) is 0 Å². The Kier molecular flexibility index (Phi) is 4.08. The van der Waals surface area contributed by atoms with Crippen molar-refractivity contribution < 1.29 is 0 Å². The molecule has 0 aliphatic heterocycles. The third kappa shape index (κ3) is 2.87. The summed E-state index contributed by atoms with van der Waals surface area (Å²) >= 11 is 1.88. The maximum absolute atomic E-state index is 4.82. The van der Waals surface area contributed by atoms with Crippen LogP contribution in [0.2, 0.25) is 0 Å². The largest absolute Gasteiger partial charge is 0.308 e. The Labute approximate surface area is 122 Å². The van der Waals surface area contributed by atoms with Gasteiger partial charge in [0.05, 0.1) is 11.2 Å². The first-order valence-electron chi connectivity index (χ1n) is 7.42. The van der Waals surface area contributed by atoms with Crippen LogP contribution < -0.4 is 5.32 Å². The van der Waals surface area contributed by atoms with Crippen LogP contribution in [0.25, 0.3) is 0 Å². The van der Waals surface area contributed by atoms with Crippen LogP contribution in [-0.4, -0.2) is 12.0 Å². The van der Waals surface area contributed by atoms with Crippen molar-refractivity contribution in [1.82, 2.24) is 10.3 Å². The van der Waals surface area contributed by atoms with E-state index in [0.717, 1.165) is 5.92 Å². The molecule has 2 nitrogen and oxygen atoms in total. The highest BCUT2D eigenvalue weighted by molar-refractivity contribution is 7.11. The third-order valence-electron chi connectivity index (χ3n) is 4.98. The molecule has 0 unspecified atom stereocenters. The Morgan fingerprint density at radius 3 is 2.16 bits per heavy atom. The number of nitrogens with zero attached hydrogens (tertiary/aromatic N) is 1. The summed E-state index contributed by atoms with van der Waals surface area (Å²) in [7, 11) is 2.10. The smallest absolute Gasteiger partial charge is 0.113 e. The predicted octanol–water partition coefficient (Wildman–Crippen LogP) is 4.41. The van der Waals surface area contributed by atoms with Gasteiger partial charge in [-0.2, -0.15) is 0 Å². The summed E-state index contributed by atoms with van der Waals surface area (Å²) in [5.41, 5.74) is 1.77. The molecule has 0 spiro atoms. The van der Waals surface area contributed by atoms with Gasteiger partial charge < -0.3 is 5.32 Å². The third-order valence-corrected chi connectivity index (χ3v) is 6.26. The minimum absolute atomic E-state index is 0.130. The number of thiazole rings is 1. The quantitative estimate of drug-likeness (QED) is 0.868. The van der Waals surface area contributed by atoms with Crippen molar-refractivity contribution in [2.75, 3.05) is 7.05 Å². The molecule has 1 aliphatic rings. The zero-order valence-electron chi connectivity index (χ0n) is 13.3. The zero-order valence-corrected chi connectivity index (χ0v) is 14.1. The highest BCUT2D eigenvalue weighted by atomic mass is 32.1. The van der Waals surface area contributed by atoms with E-state index in [1.165, 1.54) is 41.3 Å². The lowest BCUT2D eigenvalue weighted by atomic mass is 9.67. The van der Waals surface area contributed by atoms with E-state index in [2.05, 4.69) is 47.0 Å². The van der Waals surface area contributed by atoms with Crippen molar-refractivity contribution in [2.24, 2.45) is 11.3 Å². The molecule has 1 fully saturated rings. The predicted molar refractivity (Wildman–Crippen MR) is 83.7 cm³/mol. The average molecular weight is 280 g/mol. The molecule has 1 aliphatic carbocycles. The summed E-state index contributed by atoms with van der Waals surface area (Å²) in [6.07, 6.45) is 5.06. The molecule has 19 heavy (non-hydrogen) atoms. The molecule has 1 aromatic rings. The fourth-order valence-electron chi connectivity index (χ4n) is 3.22. The highest BCUT2D eigenvalue weighted by Crippen LogP contribution is 2.46. The molecule has 108 valence electrons. The van der Waals surface area contributed by atoms with E-state index >= 15 is 0 Å². The maximum atomic E-state index is 4.82. The number of rotatable bonds is 2. The summed E-state index contributed by atoms with van der Waals surface area (Å²) in [4.78, 5) is 6.18. The maximum Gasteiger partial charge on any atom is 0.113 e. The number of hydrogen-bond acceptors (Lipinski definition) is 3. The van der Waals surface area contributed by atoms with E-state index < -0.39 is 0 Å². The van der Waals surface area contributed by atoms with Gasteiger partial charge in [0.1, 0.15) is 5.01 Å². The molecule has 2 rings (SSSR count). The molecule has 0 saturated heterocycles. The number of nitrogens with one attached hydrogen (secondary N) is 1. The summed E-state index contributed by atoms with van der Waals surface area (Å²) < 4.78 is 0. The molecule has 3 heteroatoms. The Bertz CT molecular complexity index is 415. The van der Waals surface area contributed by atoms with Crippen LogP contribution in [-0.2, 0) is 5.54 Å². The summed E-state index contributed by atoms with van der Waals surface area (Å²) in [6, 6.07) is 0. The first kappa shape index (κ1) is 15.0. The zero-order chi connectivity index (χ0) is 14.3. The SMILES string of the molecule is CNC1(c2nc(C)c(C)s2)CCC(C(C)(C)C)CC1. The minimum atomic E-state index is 0.130. The summed E-state index contributed by atoms with van der Waals surface area (Å²) in [6.45, 7) is 11.4. The second-order valence-corrected chi connectivity index (χ2v) is 8.34. The lowest BCUT2D eigenvalue weighted by Gasteiger charge is -2.43. The van der Waals surface area contributed by atoms with Gasteiger partial charge in [0.2, 0.25) is 0 Å². The first-order valence-corrected chi connectivity index (χ1v) is 8.23. The van der Waals surface area contributed by atoms with E-state index in [4.69, 9.17) is 4.98 Å². The molecule has 1 aromatic heterocycles. The average Bonchev–Trinajstić information content (AvgIpc) is 2.69. The first-order chi connectivity index (χ1) is 8.78. The van der Waals surface area contributed by atoms with E-state index in [1.54, 1.807) is 0 Å². The summed E-state index contributed by atoms with van der Waals surface area (Å²) in [5, 5.41) is 4.90. The van der Waals surface area contributed by atoms with E-state index in [-0.39, 0.29) is 5.54 Å². The van der Waals surface area contributed by atoms with E-state index in [9.17, 15) is 0 Å². The standard InChI is InChI=1S/C16H28N2S/c1-11-12(2)19-14(18-11)16(17-6)9-7-13(8-10-16)15(3,4)5/h13,17H,7-10H2,1-6H3. The highest BCUT2D eigenvalue weighted by Gasteiger charge is 2.40. The van der Waals surface area contributed by atoms with Gasteiger partial charge in [0.25, 0.3) is 0 Å². The van der Waals surface area contributed by atoms with Crippen LogP contribution in [0.1, 0.15) is 62.0 Å².